The van der Waals surface area contributed by atoms with Crippen LogP contribution in [0.3, 0.4) is 0 Å². The van der Waals surface area contributed by atoms with Gasteiger partial charge in [-0.1, -0.05) is 0 Å². The van der Waals surface area contributed by atoms with Crippen molar-refractivity contribution in [2.24, 2.45) is 0 Å². The second-order valence-electron chi connectivity index (χ2n) is 5.16. The second kappa shape index (κ2) is 6.26. The fourth-order valence-electron chi connectivity index (χ4n) is 2.36. The smallest absolute Gasteiger partial charge is 0.259 e. The van der Waals surface area contributed by atoms with E-state index in [1.54, 1.807) is 48.9 Å². The molecule has 0 aliphatic heterocycles. The minimum absolute atomic E-state index is 0.0182. The normalized spacial score (nSPS) is 10.7. The molecule has 1 aromatic carbocycles. The van der Waals surface area contributed by atoms with E-state index >= 15 is 0 Å². The first-order valence-corrected chi connectivity index (χ1v) is 7.92. The second-order valence-corrected chi connectivity index (χ2v) is 6.45. The molecule has 0 aliphatic rings. The molecule has 0 atom stereocenters. The molecule has 0 spiro atoms. The van der Waals surface area contributed by atoms with E-state index in [0.29, 0.717) is 11.1 Å². The van der Waals surface area contributed by atoms with Crippen molar-refractivity contribution >= 4 is 33.0 Å². The van der Waals surface area contributed by atoms with Gasteiger partial charge in [-0.25, -0.2) is 0 Å². The monoisotopic (exact) mass is 328 g/mol. The Morgan fingerprint density at radius 2 is 2.00 bits per heavy atom. The Morgan fingerprint density at radius 1 is 1.26 bits per heavy atom. The molecular formula is C17H16N2O3S. The predicted octanol–water partition coefficient (Wildman–Crippen LogP) is 3.02. The van der Waals surface area contributed by atoms with E-state index < -0.39 is 0 Å². The van der Waals surface area contributed by atoms with Crippen molar-refractivity contribution in [3.05, 3.63) is 57.8 Å². The number of amides is 1. The maximum atomic E-state index is 12.4. The SMILES string of the molecule is COc1ccc(NC(=O)Cn2ccc3sc(C)cc3c2=O)cc1. The maximum Gasteiger partial charge on any atom is 0.259 e. The summed E-state index contributed by atoms with van der Waals surface area (Å²) in [6.07, 6.45) is 1.66. The van der Waals surface area contributed by atoms with Crippen molar-refractivity contribution in [3.63, 3.8) is 0 Å². The highest BCUT2D eigenvalue weighted by atomic mass is 32.1. The maximum absolute atomic E-state index is 12.4. The molecule has 3 rings (SSSR count). The number of rotatable bonds is 4. The lowest BCUT2D eigenvalue weighted by Gasteiger charge is -2.08. The molecule has 0 saturated heterocycles. The Kier molecular flexibility index (Phi) is 4.16. The molecule has 0 aliphatic carbocycles. The average Bonchev–Trinajstić information content (AvgIpc) is 2.92. The number of hydrogen-bond donors (Lipinski definition) is 1. The Labute approximate surface area is 137 Å². The van der Waals surface area contributed by atoms with E-state index in [2.05, 4.69) is 5.32 Å². The number of methoxy groups -OCH3 is 1. The molecule has 2 heterocycles. The first kappa shape index (κ1) is 15.3. The zero-order valence-electron chi connectivity index (χ0n) is 12.8. The van der Waals surface area contributed by atoms with Crippen molar-refractivity contribution in [2.45, 2.75) is 13.5 Å². The van der Waals surface area contributed by atoms with Gasteiger partial charge in [-0.2, -0.15) is 0 Å². The van der Waals surface area contributed by atoms with Crippen LogP contribution < -0.4 is 15.6 Å². The molecule has 23 heavy (non-hydrogen) atoms. The van der Waals surface area contributed by atoms with Gasteiger partial charge < -0.3 is 14.6 Å². The summed E-state index contributed by atoms with van der Waals surface area (Å²) in [4.78, 5) is 25.6. The van der Waals surface area contributed by atoms with Gasteiger partial charge in [0.1, 0.15) is 12.3 Å². The van der Waals surface area contributed by atoms with Gasteiger partial charge in [0.05, 0.1) is 12.5 Å². The number of aromatic nitrogens is 1. The summed E-state index contributed by atoms with van der Waals surface area (Å²) >= 11 is 1.57. The van der Waals surface area contributed by atoms with E-state index in [-0.39, 0.29) is 18.0 Å². The number of nitrogens with one attached hydrogen (secondary N) is 1. The van der Waals surface area contributed by atoms with Crippen LogP contribution in [0.1, 0.15) is 4.88 Å². The molecule has 0 fully saturated rings. The summed E-state index contributed by atoms with van der Waals surface area (Å²) in [7, 11) is 1.59. The van der Waals surface area contributed by atoms with Crippen LogP contribution in [0.2, 0.25) is 0 Å². The third kappa shape index (κ3) is 3.27. The molecule has 1 N–H and O–H groups in total. The molecule has 0 saturated carbocycles. The molecule has 6 heteroatoms. The van der Waals surface area contributed by atoms with Gasteiger partial charge in [0.25, 0.3) is 5.56 Å². The lowest BCUT2D eigenvalue weighted by Crippen LogP contribution is -2.26. The number of fused-ring (bicyclic) bond motifs is 1. The van der Waals surface area contributed by atoms with E-state index in [1.165, 1.54) is 4.57 Å². The molecule has 0 unspecified atom stereocenters. The molecule has 0 radical (unpaired) electrons. The van der Waals surface area contributed by atoms with E-state index in [4.69, 9.17) is 4.74 Å². The van der Waals surface area contributed by atoms with Crippen LogP contribution in [-0.4, -0.2) is 17.6 Å². The molecule has 0 bridgehead atoms. The van der Waals surface area contributed by atoms with E-state index in [0.717, 1.165) is 15.3 Å². The van der Waals surface area contributed by atoms with Crippen LogP contribution in [0.25, 0.3) is 10.1 Å². The van der Waals surface area contributed by atoms with E-state index in [9.17, 15) is 9.59 Å². The van der Waals surface area contributed by atoms with Crippen molar-refractivity contribution in [1.82, 2.24) is 4.57 Å². The molecule has 1 amide bonds. The van der Waals surface area contributed by atoms with Gasteiger partial charge in [0.2, 0.25) is 5.91 Å². The fourth-order valence-corrected chi connectivity index (χ4v) is 3.27. The van der Waals surface area contributed by atoms with Gasteiger partial charge >= 0.3 is 0 Å². The molecule has 118 valence electrons. The van der Waals surface area contributed by atoms with Crippen LogP contribution in [0, 0.1) is 6.92 Å². The van der Waals surface area contributed by atoms with Crippen molar-refractivity contribution in [1.29, 1.82) is 0 Å². The standard InChI is InChI=1S/C17H16N2O3S/c1-11-9-14-15(23-11)7-8-19(17(14)21)10-16(20)18-12-3-5-13(22-2)6-4-12/h3-9H,10H2,1-2H3,(H,18,20). The number of hydrogen-bond acceptors (Lipinski definition) is 4. The fraction of sp³-hybridized carbons (Fsp3) is 0.176. The van der Waals surface area contributed by atoms with E-state index in [1.807, 2.05) is 19.1 Å². The summed E-state index contributed by atoms with van der Waals surface area (Å²) < 4.78 is 7.44. The number of benzene rings is 1. The number of pyridine rings is 1. The minimum Gasteiger partial charge on any atom is -0.497 e. The highest BCUT2D eigenvalue weighted by Gasteiger charge is 2.09. The van der Waals surface area contributed by atoms with Crippen LogP contribution in [0.4, 0.5) is 5.69 Å². The Hall–Kier alpha value is -2.60. The third-order valence-corrected chi connectivity index (χ3v) is 4.48. The van der Waals surface area contributed by atoms with Crippen LogP contribution in [0.5, 0.6) is 5.75 Å². The summed E-state index contributed by atoms with van der Waals surface area (Å²) in [5.41, 5.74) is 0.521. The number of carbonyl (C=O) groups is 1. The first-order valence-electron chi connectivity index (χ1n) is 7.10. The number of nitrogens with zero attached hydrogens (tertiary/aromatic N) is 1. The molecule has 3 aromatic rings. The summed E-state index contributed by atoms with van der Waals surface area (Å²) in [5, 5.41) is 3.43. The Balaban J connectivity index is 1.77. The van der Waals surface area contributed by atoms with Gasteiger partial charge in [-0.3, -0.25) is 9.59 Å². The zero-order chi connectivity index (χ0) is 16.4. The summed E-state index contributed by atoms with van der Waals surface area (Å²) in [6.45, 7) is 1.94. The Bertz CT molecular complexity index is 910. The number of aryl methyl sites for hydroxylation is 1. The van der Waals surface area contributed by atoms with Crippen molar-refractivity contribution < 1.29 is 9.53 Å². The van der Waals surface area contributed by atoms with Crippen molar-refractivity contribution in [3.8, 4) is 5.75 Å². The van der Waals surface area contributed by atoms with Gasteiger partial charge in [0, 0.05) is 21.5 Å². The number of anilines is 1. The van der Waals surface area contributed by atoms with Gasteiger partial charge in [-0.05, 0) is 43.3 Å². The largest absolute Gasteiger partial charge is 0.497 e. The lowest BCUT2D eigenvalue weighted by atomic mass is 10.3. The number of carbonyl (C=O) groups excluding carboxylic acids is 1. The van der Waals surface area contributed by atoms with Gasteiger partial charge in [0.15, 0.2) is 0 Å². The summed E-state index contributed by atoms with van der Waals surface area (Å²) in [5.74, 6) is 0.473. The minimum atomic E-state index is -0.247. The van der Waals surface area contributed by atoms with Crippen LogP contribution >= 0.6 is 11.3 Å². The third-order valence-electron chi connectivity index (χ3n) is 3.47. The Morgan fingerprint density at radius 3 is 2.70 bits per heavy atom. The first-order chi connectivity index (χ1) is 11.1. The van der Waals surface area contributed by atoms with Crippen LogP contribution in [0.15, 0.2) is 47.4 Å². The summed E-state index contributed by atoms with van der Waals surface area (Å²) in [6, 6.07) is 10.8. The molecule has 2 aromatic heterocycles. The zero-order valence-corrected chi connectivity index (χ0v) is 13.6. The average molecular weight is 328 g/mol. The highest BCUT2D eigenvalue weighted by molar-refractivity contribution is 7.18. The predicted molar refractivity (Wildman–Crippen MR) is 92.4 cm³/mol. The quantitative estimate of drug-likeness (QED) is 0.801. The van der Waals surface area contributed by atoms with Crippen molar-refractivity contribution in [2.75, 3.05) is 12.4 Å². The van der Waals surface area contributed by atoms with Gasteiger partial charge in [-0.15, -0.1) is 11.3 Å². The molecular weight excluding hydrogens is 312 g/mol. The van der Waals surface area contributed by atoms with Crippen LogP contribution in [-0.2, 0) is 11.3 Å². The number of ether oxygens (including phenoxy) is 1. The lowest BCUT2D eigenvalue weighted by molar-refractivity contribution is -0.116. The molecule has 5 nitrogen and oxygen atoms in total. The highest BCUT2D eigenvalue weighted by Crippen LogP contribution is 2.21. The number of thiophene rings is 1. The topological polar surface area (TPSA) is 60.3 Å².